The number of para-hydroxylation sites is 1. The summed E-state index contributed by atoms with van der Waals surface area (Å²) in [6.45, 7) is 2.32. The summed E-state index contributed by atoms with van der Waals surface area (Å²) in [5.74, 6) is 2.76. The lowest BCUT2D eigenvalue weighted by Crippen LogP contribution is -2.28. The highest BCUT2D eigenvalue weighted by Gasteiger charge is 2.29. The fraction of sp³-hybridized carbons (Fsp3) is 0.556. The fourth-order valence-corrected chi connectivity index (χ4v) is 3.70. The van der Waals surface area contributed by atoms with Gasteiger partial charge in [-0.2, -0.15) is 0 Å². The van der Waals surface area contributed by atoms with E-state index in [0.29, 0.717) is 12.0 Å². The molecule has 1 fully saturated rings. The van der Waals surface area contributed by atoms with Gasteiger partial charge in [-0.05, 0) is 43.9 Å². The highest BCUT2D eigenvalue weighted by molar-refractivity contribution is 5.77. The van der Waals surface area contributed by atoms with Crippen LogP contribution in [0.3, 0.4) is 0 Å². The Morgan fingerprint density at radius 1 is 1.20 bits per heavy atom. The van der Waals surface area contributed by atoms with Crippen molar-refractivity contribution in [3.63, 3.8) is 0 Å². The Morgan fingerprint density at radius 2 is 1.95 bits per heavy atom. The Kier molecular flexibility index (Phi) is 4.11. The van der Waals surface area contributed by atoms with Crippen molar-refractivity contribution in [3.05, 3.63) is 36.1 Å². The molecule has 0 spiro atoms. The molecule has 0 amide bonds. The molecule has 2 aromatic rings. The molecular formula is C18H25NO. The molecular weight excluding hydrogens is 246 g/mol. The van der Waals surface area contributed by atoms with Crippen LogP contribution in [0, 0.1) is 11.8 Å². The molecule has 1 heterocycles. The highest BCUT2D eigenvalue weighted by Crippen LogP contribution is 2.39. The molecule has 1 aliphatic carbocycles. The number of fused-ring (bicyclic) bond motifs is 1. The zero-order valence-corrected chi connectivity index (χ0v) is 12.6. The van der Waals surface area contributed by atoms with Crippen LogP contribution >= 0.6 is 0 Å². The number of hydrogen-bond acceptors (Lipinski definition) is 2. The van der Waals surface area contributed by atoms with Crippen molar-refractivity contribution in [2.24, 2.45) is 11.8 Å². The first kappa shape index (κ1) is 13.7. The number of furan rings is 1. The van der Waals surface area contributed by atoms with Crippen molar-refractivity contribution >= 4 is 11.0 Å². The first-order chi connectivity index (χ1) is 9.81. The first-order valence-corrected chi connectivity index (χ1v) is 7.97. The summed E-state index contributed by atoms with van der Waals surface area (Å²) in [5.41, 5.74) is 1.00. The van der Waals surface area contributed by atoms with Crippen LogP contribution in [0.1, 0.15) is 50.8 Å². The lowest BCUT2D eigenvalue weighted by molar-refractivity contribution is 0.210. The minimum atomic E-state index is 0.361. The second-order valence-corrected chi connectivity index (χ2v) is 6.14. The van der Waals surface area contributed by atoms with E-state index in [1.807, 2.05) is 6.07 Å². The molecule has 2 heteroatoms. The molecule has 1 N–H and O–H groups in total. The summed E-state index contributed by atoms with van der Waals surface area (Å²) in [4.78, 5) is 0. The van der Waals surface area contributed by atoms with Crippen LogP contribution in [0.4, 0.5) is 0 Å². The lowest BCUT2D eigenvalue weighted by atomic mass is 9.77. The predicted octanol–water partition coefficient (Wildman–Crippen LogP) is 4.91. The van der Waals surface area contributed by atoms with Gasteiger partial charge in [-0.3, -0.25) is 0 Å². The van der Waals surface area contributed by atoms with Gasteiger partial charge in [0, 0.05) is 5.39 Å². The number of rotatable bonds is 4. The standard InChI is InChI=1S/C18H25NO/c1-3-13-8-10-14(11-9-13)18(19-2)17-12-15-6-4-5-7-16(15)20-17/h4-7,12-14,18-19H,3,8-11H2,1-2H3. The zero-order chi connectivity index (χ0) is 13.9. The lowest BCUT2D eigenvalue weighted by Gasteiger charge is -2.32. The van der Waals surface area contributed by atoms with Crippen LogP contribution in [0.25, 0.3) is 11.0 Å². The minimum absolute atomic E-state index is 0.361. The van der Waals surface area contributed by atoms with Crippen LogP contribution in [-0.4, -0.2) is 7.05 Å². The predicted molar refractivity (Wildman–Crippen MR) is 83.8 cm³/mol. The van der Waals surface area contributed by atoms with E-state index in [-0.39, 0.29) is 0 Å². The summed E-state index contributed by atoms with van der Waals surface area (Å²) >= 11 is 0. The molecule has 1 aromatic heterocycles. The maximum Gasteiger partial charge on any atom is 0.134 e. The second-order valence-electron chi connectivity index (χ2n) is 6.14. The first-order valence-electron chi connectivity index (χ1n) is 7.97. The largest absolute Gasteiger partial charge is 0.459 e. The van der Waals surface area contributed by atoms with E-state index in [1.54, 1.807) is 0 Å². The quantitative estimate of drug-likeness (QED) is 0.854. The van der Waals surface area contributed by atoms with Gasteiger partial charge < -0.3 is 9.73 Å². The normalized spacial score (nSPS) is 24.9. The molecule has 1 saturated carbocycles. The Hall–Kier alpha value is -1.28. The maximum absolute atomic E-state index is 6.06. The number of nitrogens with one attached hydrogen (secondary N) is 1. The van der Waals surface area contributed by atoms with E-state index in [2.05, 4.69) is 43.6 Å². The third-order valence-corrected chi connectivity index (χ3v) is 5.00. The van der Waals surface area contributed by atoms with Gasteiger partial charge in [0.15, 0.2) is 0 Å². The maximum atomic E-state index is 6.06. The summed E-state index contributed by atoms with van der Waals surface area (Å²) in [6.07, 6.45) is 6.73. The molecule has 0 saturated heterocycles. The van der Waals surface area contributed by atoms with Gasteiger partial charge in [0.05, 0.1) is 6.04 Å². The van der Waals surface area contributed by atoms with Gasteiger partial charge in [-0.15, -0.1) is 0 Å². The fourth-order valence-electron chi connectivity index (χ4n) is 3.70. The van der Waals surface area contributed by atoms with Crippen molar-refractivity contribution in [2.45, 2.75) is 45.1 Å². The summed E-state index contributed by atoms with van der Waals surface area (Å²) in [5, 5.41) is 4.70. The SMILES string of the molecule is CCC1CCC(C(NC)c2cc3ccccc3o2)CC1. The van der Waals surface area contributed by atoms with Crippen LogP contribution < -0.4 is 5.32 Å². The Labute approximate surface area is 121 Å². The Morgan fingerprint density at radius 3 is 2.60 bits per heavy atom. The monoisotopic (exact) mass is 271 g/mol. The van der Waals surface area contributed by atoms with Gasteiger partial charge in [0.25, 0.3) is 0 Å². The van der Waals surface area contributed by atoms with E-state index < -0.39 is 0 Å². The van der Waals surface area contributed by atoms with E-state index in [1.165, 1.54) is 37.5 Å². The van der Waals surface area contributed by atoms with Gasteiger partial charge in [-0.25, -0.2) is 0 Å². The van der Waals surface area contributed by atoms with Crippen LogP contribution in [0.5, 0.6) is 0 Å². The van der Waals surface area contributed by atoms with Crippen molar-refractivity contribution in [1.82, 2.24) is 5.32 Å². The molecule has 1 aromatic carbocycles. The highest BCUT2D eigenvalue weighted by atomic mass is 16.3. The van der Waals surface area contributed by atoms with Crippen molar-refractivity contribution in [1.29, 1.82) is 0 Å². The average Bonchev–Trinajstić information content (AvgIpc) is 2.92. The molecule has 0 aliphatic heterocycles. The van der Waals surface area contributed by atoms with Crippen molar-refractivity contribution in [2.75, 3.05) is 7.05 Å². The van der Waals surface area contributed by atoms with Gasteiger partial charge in [0.1, 0.15) is 11.3 Å². The molecule has 20 heavy (non-hydrogen) atoms. The minimum Gasteiger partial charge on any atom is -0.459 e. The van der Waals surface area contributed by atoms with E-state index >= 15 is 0 Å². The van der Waals surface area contributed by atoms with E-state index in [9.17, 15) is 0 Å². The summed E-state index contributed by atoms with van der Waals surface area (Å²) < 4.78 is 6.06. The van der Waals surface area contributed by atoms with Gasteiger partial charge in [-0.1, -0.05) is 44.4 Å². The van der Waals surface area contributed by atoms with Crippen molar-refractivity contribution in [3.8, 4) is 0 Å². The smallest absolute Gasteiger partial charge is 0.134 e. The van der Waals surface area contributed by atoms with E-state index in [0.717, 1.165) is 17.3 Å². The molecule has 0 radical (unpaired) electrons. The summed E-state index contributed by atoms with van der Waals surface area (Å²) in [7, 11) is 2.06. The summed E-state index contributed by atoms with van der Waals surface area (Å²) in [6, 6.07) is 10.9. The topological polar surface area (TPSA) is 25.2 Å². The molecule has 0 bridgehead atoms. The molecule has 3 rings (SSSR count). The third-order valence-electron chi connectivity index (χ3n) is 5.00. The van der Waals surface area contributed by atoms with Crippen LogP contribution in [0.2, 0.25) is 0 Å². The molecule has 108 valence electrons. The average molecular weight is 271 g/mol. The number of hydrogen-bond donors (Lipinski definition) is 1. The molecule has 1 unspecified atom stereocenters. The molecule has 1 aliphatic rings. The zero-order valence-electron chi connectivity index (χ0n) is 12.6. The Bertz CT molecular complexity index is 518. The van der Waals surface area contributed by atoms with Crippen molar-refractivity contribution < 1.29 is 4.42 Å². The third kappa shape index (κ3) is 2.62. The van der Waals surface area contributed by atoms with Crippen LogP contribution in [-0.2, 0) is 0 Å². The number of benzene rings is 1. The molecule has 2 nitrogen and oxygen atoms in total. The molecule has 1 atom stereocenters. The van der Waals surface area contributed by atoms with Gasteiger partial charge >= 0.3 is 0 Å². The Balaban J connectivity index is 1.79. The second kappa shape index (κ2) is 6.01. The van der Waals surface area contributed by atoms with Crippen LogP contribution in [0.15, 0.2) is 34.7 Å². The van der Waals surface area contributed by atoms with E-state index in [4.69, 9.17) is 4.42 Å². The van der Waals surface area contributed by atoms with Gasteiger partial charge in [0.2, 0.25) is 0 Å².